The van der Waals surface area contributed by atoms with Gasteiger partial charge in [-0.3, -0.25) is 0 Å². The van der Waals surface area contributed by atoms with Crippen molar-refractivity contribution >= 4 is 5.97 Å². The minimum atomic E-state index is -1.67. The lowest BCUT2D eigenvalue weighted by Crippen LogP contribution is -2.76. The zero-order valence-electron chi connectivity index (χ0n) is 23.5. The predicted molar refractivity (Wildman–Crippen MR) is 139 cm³/mol. The van der Waals surface area contributed by atoms with Gasteiger partial charge in [-0.25, -0.2) is 4.79 Å². The molecule has 8 N–H and O–H groups in total. The largest absolute Gasteiger partial charge is 0.458 e. The van der Waals surface area contributed by atoms with Crippen molar-refractivity contribution < 1.29 is 59.9 Å². The van der Waals surface area contributed by atoms with E-state index >= 15 is 0 Å². The number of rotatable bonds is 4. The van der Waals surface area contributed by atoms with Crippen molar-refractivity contribution in [2.45, 2.75) is 119 Å². The van der Waals surface area contributed by atoms with Crippen LogP contribution in [-0.2, 0) is 19.0 Å². The van der Waals surface area contributed by atoms with Crippen LogP contribution in [0.2, 0.25) is 0 Å². The fourth-order valence-electron chi connectivity index (χ4n) is 10.1. The van der Waals surface area contributed by atoms with Gasteiger partial charge in [0.15, 0.2) is 6.29 Å². The third kappa shape index (κ3) is 3.99. The summed E-state index contributed by atoms with van der Waals surface area (Å²) in [5, 5.41) is 89.6. The van der Waals surface area contributed by atoms with Gasteiger partial charge in [0, 0.05) is 30.3 Å². The Bertz CT molecular complexity index is 1080. The van der Waals surface area contributed by atoms with Crippen LogP contribution >= 0.6 is 0 Å². The highest BCUT2D eigenvalue weighted by Gasteiger charge is 2.75. The first-order valence-corrected chi connectivity index (χ1v) is 14.9. The molecular formula is C29H44O12. The molecule has 6 aliphatic rings. The molecule has 41 heavy (non-hydrogen) atoms. The lowest BCUT2D eigenvalue weighted by molar-refractivity contribution is -0.342. The summed E-state index contributed by atoms with van der Waals surface area (Å²) in [6.45, 7) is 3.00. The molecule has 12 nitrogen and oxygen atoms in total. The highest BCUT2D eigenvalue weighted by Crippen LogP contribution is 2.70. The van der Waals surface area contributed by atoms with Crippen molar-refractivity contribution in [3.05, 3.63) is 11.6 Å². The number of carbonyl (C=O) groups excluding carboxylic acids is 1. The third-order valence-corrected chi connectivity index (χ3v) is 12.2. The number of esters is 1. The second-order valence-electron chi connectivity index (χ2n) is 13.8. The van der Waals surface area contributed by atoms with Crippen molar-refractivity contribution in [3.63, 3.8) is 0 Å². The maximum Gasteiger partial charge on any atom is 0.331 e. The molecule has 0 aromatic carbocycles. The molecule has 0 radical (unpaired) electrons. The molecule has 6 rings (SSSR count). The van der Waals surface area contributed by atoms with Gasteiger partial charge in [0.05, 0.1) is 47.6 Å². The molecule has 0 bridgehead atoms. The highest BCUT2D eigenvalue weighted by molar-refractivity contribution is 5.85. The van der Waals surface area contributed by atoms with Crippen LogP contribution in [-0.4, -0.2) is 120 Å². The molecule has 1 saturated heterocycles. The molecule has 15 atom stereocenters. The second-order valence-corrected chi connectivity index (χ2v) is 13.8. The molecule has 0 aromatic rings. The smallest absolute Gasteiger partial charge is 0.331 e. The average Bonchev–Trinajstić information content (AvgIpc) is 3.45. The van der Waals surface area contributed by atoms with Crippen LogP contribution < -0.4 is 0 Å². The summed E-state index contributed by atoms with van der Waals surface area (Å²) in [5.74, 6) is -1.93. The lowest BCUT2D eigenvalue weighted by Gasteiger charge is -2.68. The van der Waals surface area contributed by atoms with Gasteiger partial charge >= 0.3 is 5.97 Å². The minimum Gasteiger partial charge on any atom is -0.458 e. The van der Waals surface area contributed by atoms with Crippen molar-refractivity contribution in [2.75, 3.05) is 13.2 Å². The fourth-order valence-corrected chi connectivity index (χ4v) is 10.1. The Morgan fingerprint density at radius 1 is 1.02 bits per heavy atom. The summed E-state index contributed by atoms with van der Waals surface area (Å²) < 4.78 is 16.7. The Hall–Kier alpha value is -1.19. The standard InChI is InChI=1S/C29H44O12/c1-13-22(34)23(35)24(36)25(40-13)41-15-8-19(32)28(12-30)21-17(3-5-27(28,37)9-15)29(38)6-4-16(14-7-20(33)39-11-14)26(29,2)10-18(21)31/h7,13,15-19,21-25,30-32,34-38H,3-6,8-12H2,1-2H3/t13-,15+,16+,17-,18+,19-,21+,22-,23-,24+,25+,26-,27-,28+,29+/m0/s1. The first-order chi connectivity index (χ1) is 19.2. The molecule has 4 aliphatic carbocycles. The number of fused-ring (bicyclic) bond motifs is 5. The van der Waals surface area contributed by atoms with Gasteiger partial charge in [0.1, 0.15) is 24.9 Å². The van der Waals surface area contributed by atoms with Gasteiger partial charge in [-0.2, -0.15) is 0 Å². The maximum atomic E-state index is 12.4. The Balaban J connectivity index is 1.28. The zero-order chi connectivity index (χ0) is 29.7. The van der Waals surface area contributed by atoms with Crippen LogP contribution in [0.25, 0.3) is 0 Å². The summed E-state index contributed by atoms with van der Waals surface area (Å²) >= 11 is 0. The quantitative estimate of drug-likeness (QED) is 0.140. The van der Waals surface area contributed by atoms with Crippen LogP contribution in [0.4, 0.5) is 0 Å². The van der Waals surface area contributed by atoms with Crippen LogP contribution in [0.3, 0.4) is 0 Å². The number of hydrogen-bond acceptors (Lipinski definition) is 12. The van der Waals surface area contributed by atoms with Crippen LogP contribution in [0.15, 0.2) is 11.6 Å². The Morgan fingerprint density at radius 3 is 2.41 bits per heavy atom. The minimum absolute atomic E-state index is 0.0369. The highest BCUT2D eigenvalue weighted by atomic mass is 16.7. The maximum absolute atomic E-state index is 12.4. The second kappa shape index (κ2) is 9.91. The van der Waals surface area contributed by atoms with E-state index in [4.69, 9.17) is 14.2 Å². The van der Waals surface area contributed by atoms with Crippen LogP contribution in [0.5, 0.6) is 0 Å². The van der Waals surface area contributed by atoms with Gasteiger partial charge in [-0.1, -0.05) is 6.92 Å². The van der Waals surface area contributed by atoms with E-state index in [0.717, 1.165) is 5.57 Å². The lowest BCUT2D eigenvalue weighted by atomic mass is 9.40. The van der Waals surface area contributed by atoms with E-state index in [9.17, 15) is 45.6 Å². The van der Waals surface area contributed by atoms with E-state index < -0.39 is 95.5 Å². The number of aliphatic hydroxyl groups is 8. The van der Waals surface area contributed by atoms with Gasteiger partial charge in [-0.05, 0) is 56.4 Å². The Kier molecular flexibility index (Phi) is 7.22. The van der Waals surface area contributed by atoms with Crippen LogP contribution in [0, 0.1) is 28.6 Å². The Labute approximate surface area is 238 Å². The van der Waals surface area contributed by atoms with Gasteiger partial charge < -0.3 is 55.1 Å². The molecule has 0 amide bonds. The van der Waals surface area contributed by atoms with Gasteiger partial charge in [0.2, 0.25) is 0 Å². The van der Waals surface area contributed by atoms with E-state index in [0.29, 0.717) is 19.3 Å². The van der Waals surface area contributed by atoms with Crippen molar-refractivity contribution in [1.82, 2.24) is 0 Å². The monoisotopic (exact) mass is 584 g/mol. The molecular weight excluding hydrogens is 540 g/mol. The normalized spacial score (nSPS) is 56.9. The molecule has 5 fully saturated rings. The molecule has 2 heterocycles. The van der Waals surface area contributed by atoms with E-state index in [1.165, 1.54) is 13.0 Å². The van der Waals surface area contributed by atoms with E-state index in [1.807, 2.05) is 6.92 Å². The van der Waals surface area contributed by atoms with E-state index in [-0.39, 0.29) is 38.2 Å². The first kappa shape index (κ1) is 29.9. The summed E-state index contributed by atoms with van der Waals surface area (Å²) in [4.78, 5) is 11.8. The number of ether oxygens (including phenoxy) is 3. The molecule has 232 valence electrons. The predicted octanol–water partition coefficient (Wildman–Crippen LogP) is -1.51. The number of aliphatic hydroxyl groups excluding tert-OH is 6. The summed E-state index contributed by atoms with van der Waals surface area (Å²) in [7, 11) is 0. The molecule has 0 unspecified atom stereocenters. The molecule has 0 aromatic heterocycles. The first-order valence-electron chi connectivity index (χ1n) is 14.9. The average molecular weight is 585 g/mol. The number of carbonyl (C=O) groups is 1. The summed E-state index contributed by atoms with van der Waals surface area (Å²) in [6, 6.07) is 0. The van der Waals surface area contributed by atoms with E-state index in [2.05, 4.69) is 0 Å². The van der Waals surface area contributed by atoms with Crippen molar-refractivity contribution in [3.8, 4) is 0 Å². The topological polar surface area (TPSA) is 207 Å². The Morgan fingerprint density at radius 2 is 1.76 bits per heavy atom. The van der Waals surface area contributed by atoms with Gasteiger partial charge in [-0.15, -0.1) is 0 Å². The molecule has 0 spiro atoms. The van der Waals surface area contributed by atoms with Crippen LogP contribution in [0.1, 0.15) is 58.8 Å². The molecule has 4 saturated carbocycles. The van der Waals surface area contributed by atoms with Crippen molar-refractivity contribution in [2.24, 2.45) is 28.6 Å². The summed E-state index contributed by atoms with van der Waals surface area (Å²) in [6.07, 6.45) is -6.68. The molecule has 12 heteroatoms. The summed E-state index contributed by atoms with van der Waals surface area (Å²) in [5.41, 5.74) is -4.46. The van der Waals surface area contributed by atoms with Crippen molar-refractivity contribution in [1.29, 1.82) is 0 Å². The van der Waals surface area contributed by atoms with Gasteiger partial charge in [0.25, 0.3) is 0 Å². The fraction of sp³-hybridized carbons (Fsp3) is 0.897. The third-order valence-electron chi connectivity index (χ3n) is 12.2. The zero-order valence-corrected chi connectivity index (χ0v) is 23.5. The van der Waals surface area contributed by atoms with E-state index in [1.54, 1.807) is 0 Å². The number of cyclic esters (lactones) is 1. The molecule has 2 aliphatic heterocycles. The number of hydrogen-bond donors (Lipinski definition) is 8. The SMILES string of the molecule is C[C@@H]1O[C@H](O[C@@H]2C[C@H](O)[C@]3(CO)[C@H]4[C@H](O)C[C@@]5(C)[C@@H](C6=CC(=O)OC6)CC[C@@]5(O)[C@H]4CC[C@]3(O)C2)[C@H](O)[C@@H](O)[C@H]1O.